The van der Waals surface area contributed by atoms with Crippen molar-refractivity contribution in [3.63, 3.8) is 0 Å². The molecule has 0 aromatic rings. The van der Waals surface area contributed by atoms with E-state index in [0.717, 1.165) is 0 Å². The maximum absolute atomic E-state index is 8.38. The van der Waals surface area contributed by atoms with Gasteiger partial charge in [-0.2, -0.15) is 0 Å². The molecule has 0 bridgehead atoms. The van der Waals surface area contributed by atoms with Gasteiger partial charge in [-0.25, -0.2) is 0 Å². The van der Waals surface area contributed by atoms with Crippen LogP contribution in [0.25, 0.3) is 0 Å². The van der Waals surface area contributed by atoms with E-state index in [1.165, 1.54) is 11.8 Å². The molecule has 7 heavy (non-hydrogen) atoms. The Morgan fingerprint density at radius 1 is 1.86 bits per heavy atom. The molecular formula is C4H6O2S. The molecule has 40 valence electrons. The lowest BCUT2D eigenvalue weighted by Gasteiger charge is -2.01. The van der Waals surface area contributed by atoms with E-state index in [1.807, 2.05) is 5.41 Å². The first kappa shape index (κ1) is 5.00. The van der Waals surface area contributed by atoms with E-state index in [-0.39, 0.29) is 12.0 Å². The van der Waals surface area contributed by atoms with Gasteiger partial charge in [0.1, 0.15) is 0 Å². The molecule has 0 aromatic carbocycles. The molecular weight excluding hydrogens is 112 g/mol. The number of aliphatic hydroxyl groups excluding tert-OH is 1. The highest BCUT2D eigenvalue weighted by atomic mass is 32.2. The van der Waals surface area contributed by atoms with Crippen LogP contribution in [0.15, 0.2) is 11.7 Å². The van der Waals surface area contributed by atoms with Crippen molar-refractivity contribution < 1.29 is 9.84 Å². The van der Waals surface area contributed by atoms with E-state index >= 15 is 0 Å². The van der Waals surface area contributed by atoms with Crippen LogP contribution < -0.4 is 0 Å². The van der Waals surface area contributed by atoms with Gasteiger partial charge in [0, 0.05) is 5.41 Å². The number of ether oxygens (including phenoxy) is 1. The zero-order chi connectivity index (χ0) is 5.11. The highest BCUT2D eigenvalue weighted by molar-refractivity contribution is 8.02. The zero-order valence-corrected chi connectivity index (χ0v) is 4.52. The first-order chi connectivity index (χ1) is 3.43. The van der Waals surface area contributed by atoms with Crippen molar-refractivity contribution in [1.82, 2.24) is 0 Å². The van der Waals surface area contributed by atoms with Crippen molar-refractivity contribution in [3.05, 3.63) is 11.7 Å². The van der Waals surface area contributed by atoms with Gasteiger partial charge in [0.25, 0.3) is 0 Å². The lowest BCUT2D eigenvalue weighted by Crippen LogP contribution is -2.04. The Morgan fingerprint density at radius 3 is 3.00 bits per heavy atom. The van der Waals surface area contributed by atoms with E-state index in [9.17, 15) is 0 Å². The Kier molecular flexibility index (Phi) is 1.59. The predicted molar refractivity (Wildman–Crippen MR) is 28.7 cm³/mol. The van der Waals surface area contributed by atoms with E-state index in [4.69, 9.17) is 9.84 Å². The normalized spacial score (nSPS) is 27.9. The lowest BCUT2D eigenvalue weighted by molar-refractivity contribution is 0.146. The van der Waals surface area contributed by atoms with Crippen LogP contribution in [-0.2, 0) is 4.74 Å². The smallest absolute Gasteiger partial charge is 0.170 e. The Morgan fingerprint density at radius 2 is 2.71 bits per heavy atom. The largest absolute Gasteiger partial charge is 0.484 e. The lowest BCUT2D eigenvalue weighted by atomic mass is 10.8. The van der Waals surface area contributed by atoms with Gasteiger partial charge in [-0.05, 0) is 0 Å². The van der Waals surface area contributed by atoms with Crippen LogP contribution in [0.3, 0.4) is 0 Å². The minimum absolute atomic E-state index is 0.0417. The fraction of sp³-hybridized carbons (Fsp3) is 0.500. The van der Waals surface area contributed by atoms with Crippen LogP contribution in [0.4, 0.5) is 0 Å². The van der Waals surface area contributed by atoms with Crippen molar-refractivity contribution in [2.24, 2.45) is 0 Å². The molecule has 0 aromatic heterocycles. The van der Waals surface area contributed by atoms with Crippen LogP contribution in [-0.4, -0.2) is 17.1 Å². The highest BCUT2D eigenvalue weighted by Gasteiger charge is 2.08. The molecule has 0 saturated carbocycles. The summed E-state index contributed by atoms with van der Waals surface area (Å²) in [5.74, 6) is 0. The molecule has 0 fully saturated rings. The fourth-order valence-corrected chi connectivity index (χ4v) is 0.875. The Labute approximate surface area is 46.2 Å². The Balaban J connectivity index is 2.22. The third-order valence-electron chi connectivity index (χ3n) is 0.665. The van der Waals surface area contributed by atoms with Crippen molar-refractivity contribution >= 4 is 11.8 Å². The minimum Gasteiger partial charge on any atom is -0.484 e. The molecule has 1 N–H and O–H groups in total. The van der Waals surface area contributed by atoms with Gasteiger partial charge in [0.15, 0.2) is 5.44 Å². The second-order valence-corrected chi connectivity index (χ2v) is 2.23. The summed E-state index contributed by atoms with van der Waals surface area (Å²) < 4.78 is 4.83. The van der Waals surface area contributed by atoms with E-state index < -0.39 is 0 Å². The molecule has 3 heteroatoms. The van der Waals surface area contributed by atoms with Crippen molar-refractivity contribution in [2.75, 3.05) is 6.61 Å². The first-order valence-electron chi connectivity index (χ1n) is 2.00. The minimum atomic E-state index is -0.0417. The molecule has 2 nitrogen and oxygen atoms in total. The van der Waals surface area contributed by atoms with E-state index in [2.05, 4.69) is 0 Å². The fourth-order valence-electron chi connectivity index (χ4n) is 0.358. The SMILES string of the molecule is OCC1OC=CS1. The molecule has 1 unspecified atom stereocenters. The number of rotatable bonds is 1. The predicted octanol–water partition coefficient (Wildman–Crippen LogP) is 0.539. The van der Waals surface area contributed by atoms with Crippen LogP contribution in [0, 0.1) is 0 Å². The van der Waals surface area contributed by atoms with Gasteiger partial charge in [0.2, 0.25) is 0 Å². The number of hydrogen-bond donors (Lipinski definition) is 1. The zero-order valence-electron chi connectivity index (χ0n) is 3.70. The second-order valence-electron chi connectivity index (χ2n) is 1.16. The molecule has 0 aliphatic carbocycles. The molecule has 1 aliphatic heterocycles. The molecule has 1 atom stereocenters. The first-order valence-corrected chi connectivity index (χ1v) is 2.94. The second kappa shape index (κ2) is 2.23. The van der Waals surface area contributed by atoms with Gasteiger partial charge >= 0.3 is 0 Å². The van der Waals surface area contributed by atoms with Gasteiger partial charge < -0.3 is 9.84 Å². The van der Waals surface area contributed by atoms with Crippen molar-refractivity contribution in [3.8, 4) is 0 Å². The summed E-state index contributed by atoms with van der Waals surface area (Å²) in [6, 6.07) is 0. The average Bonchev–Trinajstić information content (AvgIpc) is 2.14. The molecule has 1 heterocycles. The highest BCUT2D eigenvalue weighted by Crippen LogP contribution is 2.19. The van der Waals surface area contributed by atoms with Crippen LogP contribution in [0.2, 0.25) is 0 Å². The van der Waals surface area contributed by atoms with Gasteiger partial charge in [-0.3, -0.25) is 0 Å². The number of hydrogen-bond acceptors (Lipinski definition) is 3. The number of thioether (sulfide) groups is 1. The maximum atomic E-state index is 8.38. The summed E-state index contributed by atoms with van der Waals surface area (Å²) in [5, 5.41) is 10.2. The van der Waals surface area contributed by atoms with Crippen LogP contribution >= 0.6 is 11.8 Å². The molecule has 0 amide bonds. The van der Waals surface area contributed by atoms with E-state index in [0.29, 0.717) is 0 Å². The Bertz CT molecular complexity index is 73.8. The van der Waals surface area contributed by atoms with Crippen molar-refractivity contribution in [2.45, 2.75) is 5.44 Å². The standard InChI is InChI=1S/C4H6O2S/c5-3-4-6-1-2-7-4/h1-2,4-5H,3H2. The molecule has 0 spiro atoms. The molecule has 1 rings (SSSR count). The van der Waals surface area contributed by atoms with Crippen LogP contribution in [0.1, 0.15) is 0 Å². The van der Waals surface area contributed by atoms with Crippen LogP contribution in [0.5, 0.6) is 0 Å². The third kappa shape index (κ3) is 1.11. The third-order valence-corrected chi connectivity index (χ3v) is 1.50. The average molecular weight is 118 g/mol. The number of aliphatic hydroxyl groups is 1. The molecule has 1 aliphatic rings. The molecule has 0 saturated heterocycles. The summed E-state index contributed by atoms with van der Waals surface area (Å²) in [4.78, 5) is 0. The summed E-state index contributed by atoms with van der Waals surface area (Å²) in [6.45, 7) is 0.0949. The topological polar surface area (TPSA) is 29.5 Å². The summed E-state index contributed by atoms with van der Waals surface area (Å²) >= 11 is 1.49. The van der Waals surface area contributed by atoms with Gasteiger partial charge in [-0.1, -0.05) is 11.8 Å². The van der Waals surface area contributed by atoms with Gasteiger partial charge in [0.05, 0.1) is 12.9 Å². The quantitative estimate of drug-likeness (QED) is 0.545. The monoisotopic (exact) mass is 118 g/mol. The van der Waals surface area contributed by atoms with E-state index in [1.54, 1.807) is 6.26 Å². The maximum Gasteiger partial charge on any atom is 0.170 e. The summed E-state index contributed by atoms with van der Waals surface area (Å²) in [7, 11) is 0. The van der Waals surface area contributed by atoms with Crippen molar-refractivity contribution in [1.29, 1.82) is 0 Å². The summed E-state index contributed by atoms with van der Waals surface area (Å²) in [6.07, 6.45) is 1.59. The van der Waals surface area contributed by atoms with Gasteiger partial charge in [-0.15, -0.1) is 0 Å². The Hall–Kier alpha value is -0.150. The molecule has 0 radical (unpaired) electrons. The summed E-state index contributed by atoms with van der Waals surface area (Å²) in [5.41, 5.74) is -0.0417.